The summed E-state index contributed by atoms with van der Waals surface area (Å²) in [4.78, 5) is 14.3. The number of carbonyl (C=O) groups excluding carboxylic acids is 1. The summed E-state index contributed by atoms with van der Waals surface area (Å²) in [5, 5.41) is 4.87. The topological polar surface area (TPSA) is 76.8 Å². The summed E-state index contributed by atoms with van der Waals surface area (Å²) in [6.07, 6.45) is 4.47. The SMILES string of the molecule is CC(C)(C)OC(=O)N1CCC2(CC1)Cn1nc3c(c1/C2=N\[S@@](=O)C(C)(C)C)CCC3. The first-order chi connectivity index (χ1) is 13.9. The average Bonchev–Trinajstić information content (AvgIpc) is 3.25. The lowest BCUT2D eigenvalue weighted by atomic mass is 9.75. The van der Waals surface area contributed by atoms with Gasteiger partial charge in [-0.2, -0.15) is 9.50 Å². The molecule has 8 heteroatoms. The third-order valence-electron chi connectivity index (χ3n) is 6.22. The summed E-state index contributed by atoms with van der Waals surface area (Å²) in [5.41, 5.74) is 3.82. The molecule has 1 saturated heterocycles. The van der Waals surface area contributed by atoms with E-state index in [1.807, 2.05) is 41.5 Å². The van der Waals surface area contributed by atoms with E-state index in [0.717, 1.165) is 50.1 Å². The molecule has 0 saturated carbocycles. The van der Waals surface area contributed by atoms with Crippen molar-refractivity contribution in [3.8, 4) is 0 Å². The van der Waals surface area contributed by atoms with Crippen LogP contribution >= 0.6 is 0 Å². The van der Waals surface area contributed by atoms with E-state index in [-0.39, 0.29) is 11.5 Å². The average molecular weight is 435 g/mol. The van der Waals surface area contributed by atoms with Gasteiger partial charge in [0.05, 0.1) is 28.4 Å². The lowest BCUT2D eigenvalue weighted by molar-refractivity contribution is 0.0150. The molecule has 1 atom stereocenters. The molecule has 0 bridgehead atoms. The fourth-order valence-electron chi connectivity index (χ4n) is 4.64. The molecule has 0 radical (unpaired) electrons. The molecule has 1 spiro atoms. The third kappa shape index (κ3) is 3.83. The normalized spacial score (nSPS) is 23.0. The number of nitrogens with zero attached hydrogens (tertiary/aromatic N) is 4. The predicted molar refractivity (Wildman–Crippen MR) is 118 cm³/mol. The van der Waals surface area contributed by atoms with Gasteiger partial charge in [0.2, 0.25) is 0 Å². The summed E-state index contributed by atoms with van der Waals surface area (Å²) in [5.74, 6) is 0. The van der Waals surface area contributed by atoms with E-state index >= 15 is 0 Å². The highest BCUT2D eigenvalue weighted by Crippen LogP contribution is 2.45. The fourth-order valence-corrected chi connectivity index (χ4v) is 5.36. The molecule has 1 aromatic heterocycles. The van der Waals surface area contributed by atoms with E-state index in [9.17, 15) is 9.00 Å². The molecule has 0 N–H and O–H groups in total. The Morgan fingerprint density at radius 1 is 1.13 bits per heavy atom. The van der Waals surface area contributed by atoms with Crippen LogP contribution in [0.2, 0.25) is 0 Å². The molecule has 1 aliphatic carbocycles. The molecule has 3 aliphatic rings. The van der Waals surface area contributed by atoms with Crippen LogP contribution in [0.25, 0.3) is 0 Å². The number of amides is 1. The van der Waals surface area contributed by atoms with Crippen LogP contribution < -0.4 is 0 Å². The van der Waals surface area contributed by atoms with Crippen LogP contribution in [-0.2, 0) is 35.1 Å². The van der Waals surface area contributed by atoms with Gasteiger partial charge in [-0.1, -0.05) is 0 Å². The van der Waals surface area contributed by atoms with E-state index in [2.05, 4.69) is 4.68 Å². The van der Waals surface area contributed by atoms with Gasteiger partial charge in [0, 0.05) is 24.1 Å². The number of ether oxygens (including phenoxy) is 1. The first kappa shape index (κ1) is 21.5. The maximum absolute atomic E-state index is 13.0. The molecular formula is C22H34N4O3S. The molecule has 1 fully saturated rings. The van der Waals surface area contributed by atoms with Crippen molar-refractivity contribution >= 4 is 22.8 Å². The predicted octanol–water partition coefficient (Wildman–Crippen LogP) is 3.65. The van der Waals surface area contributed by atoms with Crippen LogP contribution in [-0.4, -0.2) is 54.1 Å². The van der Waals surface area contributed by atoms with Crippen molar-refractivity contribution in [2.45, 2.75) is 90.5 Å². The van der Waals surface area contributed by atoms with E-state index in [1.54, 1.807) is 4.90 Å². The molecule has 1 amide bonds. The number of rotatable bonds is 1. The molecular weight excluding hydrogens is 400 g/mol. The second kappa shape index (κ2) is 7.18. The number of carbonyl (C=O) groups is 1. The smallest absolute Gasteiger partial charge is 0.410 e. The van der Waals surface area contributed by atoms with Crippen molar-refractivity contribution in [1.82, 2.24) is 14.7 Å². The minimum atomic E-state index is -1.33. The van der Waals surface area contributed by atoms with Gasteiger partial charge in [-0.3, -0.25) is 4.68 Å². The Morgan fingerprint density at radius 2 is 1.80 bits per heavy atom. The van der Waals surface area contributed by atoms with Gasteiger partial charge >= 0.3 is 6.09 Å². The Hall–Kier alpha value is -1.70. The lowest BCUT2D eigenvalue weighted by Gasteiger charge is -2.39. The van der Waals surface area contributed by atoms with Gasteiger partial charge in [-0.15, -0.1) is 0 Å². The van der Waals surface area contributed by atoms with Crippen molar-refractivity contribution in [1.29, 1.82) is 0 Å². The van der Waals surface area contributed by atoms with Gasteiger partial charge in [0.25, 0.3) is 0 Å². The standard InChI is InChI=1S/C22H34N4O3S/c1-20(2,3)29-19(27)25-12-10-22(11-13-25)14-26-17(15-8-7-9-16(15)23-26)18(22)24-30(28)21(4,5)6/h7-14H2,1-6H3/b24-18+/t30-/m0/s1. The van der Waals surface area contributed by atoms with Crippen molar-refractivity contribution in [2.75, 3.05) is 13.1 Å². The van der Waals surface area contributed by atoms with E-state index in [1.165, 1.54) is 11.3 Å². The number of hydrogen-bond donors (Lipinski definition) is 0. The molecule has 1 aromatic rings. The largest absolute Gasteiger partial charge is 0.444 e. The Kier molecular flexibility index (Phi) is 5.15. The lowest BCUT2D eigenvalue weighted by Crippen LogP contribution is -2.47. The maximum atomic E-state index is 13.0. The number of piperidine rings is 1. The fraction of sp³-hybridized carbons (Fsp3) is 0.773. The summed E-state index contributed by atoms with van der Waals surface area (Å²) < 4.78 is 25.1. The Labute approximate surface area is 181 Å². The minimum absolute atomic E-state index is 0.209. The van der Waals surface area contributed by atoms with E-state index in [4.69, 9.17) is 14.2 Å². The molecule has 7 nitrogen and oxygen atoms in total. The Balaban J connectivity index is 1.63. The van der Waals surface area contributed by atoms with Crippen molar-refractivity contribution in [3.05, 3.63) is 17.0 Å². The molecule has 3 heterocycles. The highest BCUT2D eigenvalue weighted by atomic mass is 32.2. The van der Waals surface area contributed by atoms with Crippen LogP contribution in [0.4, 0.5) is 4.79 Å². The number of hydrogen-bond acceptors (Lipinski definition) is 4. The Morgan fingerprint density at radius 3 is 2.40 bits per heavy atom. The first-order valence-corrected chi connectivity index (χ1v) is 12.1. The van der Waals surface area contributed by atoms with Crippen LogP contribution in [0.15, 0.2) is 4.40 Å². The second-order valence-electron chi connectivity index (χ2n) is 10.8. The summed E-state index contributed by atoms with van der Waals surface area (Å²) in [6.45, 7) is 13.5. The molecule has 2 aliphatic heterocycles. The number of fused-ring (bicyclic) bond motifs is 3. The second-order valence-corrected chi connectivity index (χ2v) is 12.7. The van der Waals surface area contributed by atoms with Gasteiger partial charge in [-0.25, -0.2) is 9.00 Å². The zero-order valence-corrected chi connectivity index (χ0v) is 19.9. The molecule has 30 heavy (non-hydrogen) atoms. The van der Waals surface area contributed by atoms with Gasteiger partial charge in [0.15, 0.2) is 0 Å². The van der Waals surface area contributed by atoms with E-state index in [0.29, 0.717) is 13.1 Å². The van der Waals surface area contributed by atoms with Crippen LogP contribution in [0, 0.1) is 5.41 Å². The highest BCUT2D eigenvalue weighted by molar-refractivity contribution is 7.85. The summed E-state index contributed by atoms with van der Waals surface area (Å²) in [6, 6.07) is 0. The maximum Gasteiger partial charge on any atom is 0.410 e. The summed E-state index contributed by atoms with van der Waals surface area (Å²) in [7, 11) is -1.33. The first-order valence-electron chi connectivity index (χ1n) is 11.0. The molecule has 166 valence electrons. The number of aromatic nitrogens is 2. The van der Waals surface area contributed by atoms with Crippen LogP contribution in [0.5, 0.6) is 0 Å². The molecule has 0 unspecified atom stereocenters. The summed E-state index contributed by atoms with van der Waals surface area (Å²) >= 11 is 0. The highest BCUT2D eigenvalue weighted by Gasteiger charge is 2.50. The van der Waals surface area contributed by atoms with Crippen molar-refractivity contribution in [2.24, 2.45) is 9.81 Å². The minimum Gasteiger partial charge on any atom is -0.444 e. The van der Waals surface area contributed by atoms with E-state index < -0.39 is 21.3 Å². The monoisotopic (exact) mass is 434 g/mol. The van der Waals surface area contributed by atoms with Gasteiger partial charge in [-0.05, 0) is 73.6 Å². The number of likely N-dealkylation sites (tertiary alicyclic amines) is 1. The third-order valence-corrected chi connectivity index (χ3v) is 7.62. The van der Waals surface area contributed by atoms with Crippen LogP contribution in [0.3, 0.4) is 0 Å². The zero-order valence-electron chi connectivity index (χ0n) is 19.1. The quantitative estimate of drug-likeness (QED) is 0.676. The van der Waals surface area contributed by atoms with Gasteiger partial charge in [0.1, 0.15) is 16.6 Å². The van der Waals surface area contributed by atoms with Gasteiger partial charge < -0.3 is 9.64 Å². The zero-order chi connectivity index (χ0) is 21.9. The number of aryl methyl sites for hydroxylation is 1. The Bertz CT molecular complexity index is 912. The molecule has 4 rings (SSSR count). The molecule has 0 aromatic carbocycles. The van der Waals surface area contributed by atoms with Crippen molar-refractivity contribution in [3.63, 3.8) is 0 Å². The van der Waals surface area contributed by atoms with Crippen molar-refractivity contribution < 1.29 is 13.7 Å². The van der Waals surface area contributed by atoms with Crippen LogP contribution in [0.1, 0.15) is 77.8 Å².